The average molecular weight is 254 g/mol. The number of aliphatic hydroxyl groups excluding tert-OH is 1. The van der Waals surface area contributed by atoms with Crippen LogP contribution in [-0.4, -0.2) is 36.5 Å². The number of carbonyl (C=O) groups excluding carboxylic acids is 1. The summed E-state index contributed by atoms with van der Waals surface area (Å²) in [5.74, 6) is -0.300. The average Bonchev–Trinajstić information content (AvgIpc) is 2.60. The number of aliphatic hydroxyl groups is 1. The normalized spacial score (nSPS) is 15.7. The summed E-state index contributed by atoms with van der Waals surface area (Å²) in [6, 6.07) is 2.71. The van der Waals surface area contributed by atoms with Crippen molar-refractivity contribution in [3.8, 4) is 17.2 Å². The number of hydrogen-bond acceptors (Lipinski definition) is 6. The maximum absolute atomic E-state index is 11.2. The zero-order chi connectivity index (χ0) is 13.1. The minimum Gasteiger partial charge on any atom is -0.507 e. The molecule has 1 aromatic rings. The zero-order valence-electron chi connectivity index (χ0n) is 9.88. The predicted octanol–water partition coefficient (Wildman–Crippen LogP) is 0.760. The zero-order valence-corrected chi connectivity index (χ0v) is 9.88. The third-order valence-corrected chi connectivity index (χ3v) is 2.62. The lowest BCUT2D eigenvalue weighted by molar-refractivity contribution is -0.150. The topological polar surface area (TPSA) is 85.2 Å². The highest BCUT2D eigenvalue weighted by Gasteiger charge is 2.24. The Balaban J connectivity index is 2.37. The molecule has 6 nitrogen and oxygen atoms in total. The molecule has 1 unspecified atom stereocenters. The van der Waals surface area contributed by atoms with Crippen LogP contribution < -0.4 is 9.47 Å². The smallest absolute Gasteiger partial charge is 0.339 e. The van der Waals surface area contributed by atoms with Crippen LogP contribution in [0.2, 0.25) is 0 Å². The van der Waals surface area contributed by atoms with Crippen molar-refractivity contribution in [2.45, 2.75) is 12.5 Å². The Bertz CT molecular complexity index is 456. The molecular formula is C12H14O6. The van der Waals surface area contributed by atoms with E-state index in [4.69, 9.17) is 9.47 Å². The molecule has 0 spiro atoms. The molecule has 2 N–H and O–H groups in total. The number of fused-ring (bicyclic) bond motifs is 1. The van der Waals surface area contributed by atoms with Gasteiger partial charge in [0.05, 0.1) is 20.3 Å². The molecule has 0 bridgehead atoms. The van der Waals surface area contributed by atoms with Crippen LogP contribution >= 0.6 is 0 Å². The van der Waals surface area contributed by atoms with Crippen molar-refractivity contribution in [3.63, 3.8) is 0 Å². The third-order valence-electron chi connectivity index (χ3n) is 2.62. The van der Waals surface area contributed by atoms with E-state index in [2.05, 4.69) is 4.74 Å². The lowest BCUT2D eigenvalue weighted by Gasteiger charge is -2.14. The van der Waals surface area contributed by atoms with Crippen LogP contribution in [0.1, 0.15) is 18.1 Å². The van der Waals surface area contributed by atoms with Gasteiger partial charge in [0.25, 0.3) is 0 Å². The minimum absolute atomic E-state index is 0.0334. The van der Waals surface area contributed by atoms with Gasteiger partial charge in [-0.05, 0) is 6.07 Å². The Morgan fingerprint density at radius 3 is 2.56 bits per heavy atom. The first-order chi connectivity index (χ1) is 8.63. The quantitative estimate of drug-likeness (QED) is 0.758. The largest absolute Gasteiger partial charge is 0.507 e. The second-order valence-electron chi connectivity index (χ2n) is 3.83. The summed E-state index contributed by atoms with van der Waals surface area (Å²) in [6.45, 7) is 0.969. The Morgan fingerprint density at radius 1 is 1.33 bits per heavy atom. The number of esters is 1. The van der Waals surface area contributed by atoms with Gasteiger partial charge in [-0.3, -0.25) is 0 Å². The van der Waals surface area contributed by atoms with Gasteiger partial charge in [-0.2, -0.15) is 0 Å². The molecule has 1 heterocycles. The summed E-state index contributed by atoms with van der Waals surface area (Å²) >= 11 is 0. The van der Waals surface area contributed by atoms with Crippen LogP contribution in [-0.2, 0) is 9.53 Å². The number of aromatic hydroxyl groups is 1. The van der Waals surface area contributed by atoms with Gasteiger partial charge in [0.2, 0.25) is 0 Å². The van der Waals surface area contributed by atoms with Crippen LogP contribution in [0, 0.1) is 0 Å². The molecule has 2 rings (SSSR count). The van der Waals surface area contributed by atoms with Crippen molar-refractivity contribution >= 4 is 5.97 Å². The number of methoxy groups -OCH3 is 1. The number of hydrogen-bond donors (Lipinski definition) is 2. The van der Waals surface area contributed by atoms with Crippen LogP contribution in [0.5, 0.6) is 17.2 Å². The Morgan fingerprint density at radius 2 is 1.94 bits per heavy atom. The summed E-state index contributed by atoms with van der Waals surface area (Å²) in [7, 11) is 1.16. The molecule has 0 amide bonds. The van der Waals surface area contributed by atoms with Crippen molar-refractivity contribution in [2.75, 3.05) is 20.3 Å². The van der Waals surface area contributed by atoms with Gasteiger partial charge in [0.15, 0.2) is 17.6 Å². The molecule has 1 aliphatic rings. The summed E-state index contributed by atoms with van der Waals surface area (Å²) in [4.78, 5) is 11.2. The highest BCUT2D eigenvalue weighted by atomic mass is 16.5. The number of phenolic OH excluding ortho intramolecular Hbond substituents is 1. The number of rotatable bonds is 2. The van der Waals surface area contributed by atoms with E-state index in [1.54, 1.807) is 0 Å². The van der Waals surface area contributed by atoms with E-state index in [-0.39, 0.29) is 11.3 Å². The monoisotopic (exact) mass is 254 g/mol. The number of ether oxygens (including phenoxy) is 3. The van der Waals surface area contributed by atoms with Gasteiger partial charge in [-0.15, -0.1) is 0 Å². The molecule has 1 aliphatic heterocycles. The minimum atomic E-state index is -1.55. The van der Waals surface area contributed by atoms with Gasteiger partial charge >= 0.3 is 5.97 Å². The first kappa shape index (κ1) is 12.5. The molecule has 0 saturated carbocycles. The second kappa shape index (κ2) is 5.14. The molecule has 0 aromatic heterocycles. The van der Waals surface area contributed by atoms with E-state index < -0.39 is 12.1 Å². The second-order valence-corrected chi connectivity index (χ2v) is 3.83. The number of benzene rings is 1. The SMILES string of the molecule is COC(=O)C(O)c1cc2c(cc1O)OCCCO2. The highest BCUT2D eigenvalue weighted by Crippen LogP contribution is 2.38. The van der Waals surface area contributed by atoms with E-state index in [9.17, 15) is 15.0 Å². The van der Waals surface area contributed by atoms with Crippen molar-refractivity contribution < 1.29 is 29.2 Å². The summed E-state index contributed by atoms with van der Waals surface area (Å²) in [5, 5.41) is 19.5. The van der Waals surface area contributed by atoms with Gasteiger partial charge in [-0.25, -0.2) is 4.79 Å². The standard InChI is InChI=1S/C12H14O6/c1-16-12(15)11(14)7-5-9-10(6-8(7)13)18-4-2-3-17-9/h5-6,11,13-14H,2-4H2,1H3. The molecule has 0 fully saturated rings. The van der Waals surface area contributed by atoms with Crippen molar-refractivity contribution in [3.05, 3.63) is 17.7 Å². The van der Waals surface area contributed by atoms with Crippen LogP contribution in [0.25, 0.3) is 0 Å². The molecule has 18 heavy (non-hydrogen) atoms. The van der Waals surface area contributed by atoms with E-state index in [0.717, 1.165) is 13.5 Å². The van der Waals surface area contributed by atoms with Crippen LogP contribution in [0.15, 0.2) is 12.1 Å². The predicted molar refractivity (Wildman–Crippen MR) is 60.7 cm³/mol. The van der Waals surface area contributed by atoms with Gasteiger partial charge in [0, 0.05) is 18.1 Å². The van der Waals surface area contributed by atoms with E-state index >= 15 is 0 Å². The van der Waals surface area contributed by atoms with E-state index in [1.165, 1.54) is 12.1 Å². The number of phenols is 1. The first-order valence-corrected chi connectivity index (χ1v) is 5.52. The van der Waals surface area contributed by atoms with Gasteiger partial charge in [-0.1, -0.05) is 0 Å². The Kier molecular flexibility index (Phi) is 3.57. The van der Waals surface area contributed by atoms with Gasteiger partial charge in [0.1, 0.15) is 5.75 Å². The highest BCUT2D eigenvalue weighted by molar-refractivity contribution is 5.77. The molecule has 1 atom stereocenters. The van der Waals surface area contributed by atoms with Crippen molar-refractivity contribution in [1.82, 2.24) is 0 Å². The Labute approximate surface area is 104 Å². The van der Waals surface area contributed by atoms with Gasteiger partial charge < -0.3 is 24.4 Å². The fourth-order valence-corrected chi connectivity index (χ4v) is 1.67. The lowest BCUT2D eigenvalue weighted by atomic mass is 10.1. The summed E-state index contributed by atoms with van der Waals surface area (Å²) in [6.07, 6.45) is -0.822. The molecule has 0 saturated heterocycles. The molecule has 6 heteroatoms. The lowest BCUT2D eigenvalue weighted by Crippen LogP contribution is -2.13. The van der Waals surface area contributed by atoms with Crippen molar-refractivity contribution in [2.24, 2.45) is 0 Å². The third kappa shape index (κ3) is 2.33. The van der Waals surface area contributed by atoms with Crippen LogP contribution in [0.4, 0.5) is 0 Å². The molecule has 98 valence electrons. The van der Waals surface area contributed by atoms with Crippen LogP contribution in [0.3, 0.4) is 0 Å². The summed E-state index contributed by atoms with van der Waals surface area (Å²) in [5.41, 5.74) is 0.0334. The summed E-state index contributed by atoms with van der Waals surface area (Å²) < 4.78 is 15.2. The fraction of sp³-hybridized carbons (Fsp3) is 0.417. The van der Waals surface area contributed by atoms with Crippen molar-refractivity contribution in [1.29, 1.82) is 0 Å². The molecule has 0 aliphatic carbocycles. The fourth-order valence-electron chi connectivity index (χ4n) is 1.67. The Hall–Kier alpha value is -1.95. The molecule has 0 radical (unpaired) electrons. The maximum Gasteiger partial charge on any atom is 0.339 e. The van der Waals surface area contributed by atoms with E-state index in [1.807, 2.05) is 0 Å². The molecule has 1 aromatic carbocycles. The maximum atomic E-state index is 11.2. The first-order valence-electron chi connectivity index (χ1n) is 5.52. The molecular weight excluding hydrogens is 240 g/mol. The number of carbonyl (C=O) groups is 1. The van der Waals surface area contributed by atoms with E-state index in [0.29, 0.717) is 24.7 Å².